The summed E-state index contributed by atoms with van der Waals surface area (Å²) in [4.78, 5) is 0. The molecule has 1 aliphatic carbocycles. The SMILES string of the molecule is C=C/C(=C\C=C/C)CCCCCCCCCCCCC1CCCC1. The van der Waals surface area contributed by atoms with Gasteiger partial charge in [-0.15, -0.1) is 0 Å². The summed E-state index contributed by atoms with van der Waals surface area (Å²) in [7, 11) is 0. The third-order valence-corrected chi connectivity index (χ3v) is 5.57. The topological polar surface area (TPSA) is 0 Å². The van der Waals surface area contributed by atoms with Crippen LogP contribution in [-0.4, -0.2) is 0 Å². The molecule has 1 rings (SSSR count). The summed E-state index contributed by atoms with van der Waals surface area (Å²) >= 11 is 0. The maximum absolute atomic E-state index is 3.90. The van der Waals surface area contributed by atoms with E-state index < -0.39 is 0 Å². The van der Waals surface area contributed by atoms with Crippen LogP contribution >= 0.6 is 0 Å². The van der Waals surface area contributed by atoms with Gasteiger partial charge in [0.05, 0.1) is 0 Å². The smallest absolute Gasteiger partial charge is 0.0279 e. The zero-order valence-electron chi connectivity index (χ0n) is 16.4. The highest BCUT2D eigenvalue weighted by Crippen LogP contribution is 2.29. The van der Waals surface area contributed by atoms with E-state index in [-0.39, 0.29) is 0 Å². The second-order valence-electron chi connectivity index (χ2n) is 7.70. The second-order valence-corrected chi connectivity index (χ2v) is 7.70. The van der Waals surface area contributed by atoms with Gasteiger partial charge in [-0.05, 0) is 31.3 Å². The minimum Gasteiger partial charge on any atom is -0.0988 e. The molecule has 0 heteroatoms. The van der Waals surface area contributed by atoms with Crippen LogP contribution in [0.25, 0.3) is 0 Å². The van der Waals surface area contributed by atoms with Crippen molar-refractivity contribution in [3.63, 3.8) is 0 Å². The summed E-state index contributed by atoms with van der Waals surface area (Å²) in [5, 5.41) is 0. The molecule has 0 N–H and O–H groups in total. The third kappa shape index (κ3) is 11.7. The van der Waals surface area contributed by atoms with Gasteiger partial charge in [-0.3, -0.25) is 0 Å². The van der Waals surface area contributed by atoms with Crippen LogP contribution in [0.1, 0.15) is 110 Å². The highest BCUT2D eigenvalue weighted by Gasteiger charge is 2.13. The van der Waals surface area contributed by atoms with Crippen molar-refractivity contribution in [2.75, 3.05) is 0 Å². The zero-order chi connectivity index (χ0) is 17.3. The Morgan fingerprint density at radius 3 is 1.92 bits per heavy atom. The van der Waals surface area contributed by atoms with E-state index in [9.17, 15) is 0 Å². The normalized spacial score (nSPS) is 16.3. The number of rotatable bonds is 15. The van der Waals surface area contributed by atoms with Gasteiger partial charge in [0.15, 0.2) is 0 Å². The molecule has 24 heavy (non-hydrogen) atoms. The Kier molecular flexibility index (Phi) is 13.9. The van der Waals surface area contributed by atoms with Gasteiger partial charge in [0.25, 0.3) is 0 Å². The van der Waals surface area contributed by atoms with Crippen molar-refractivity contribution >= 4 is 0 Å². The van der Waals surface area contributed by atoms with Crippen LogP contribution in [0.2, 0.25) is 0 Å². The molecule has 0 heterocycles. The highest BCUT2D eigenvalue weighted by atomic mass is 14.2. The Labute approximate surface area is 152 Å². The first-order valence-corrected chi connectivity index (χ1v) is 10.8. The van der Waals surface area contributed by atoms with Gasteiger partial charge in [-0.2, -0.15) is 0 Å². The summed E-state index contributed by atoms with van der Waals surface area (Å²) in [6.45, 7) is 5.97. The maximum Gasteiger partial charge on any atom is -0.0279 e. The number of hydrogen-bond acceptors (Lipinski definition) is 0. The van der Waals surface area contributed by atoms with Crippen molar-refractivity contribution in [2.24, 2.45) is 5.92 Å². The molecule has 0 aromatic heterocycles. The molecule has 0 spiro atoms. The van der Waals surface area contributed by atoms with E-state index in [2.05, 4.69) is 31.7 Å². The molecule has 1 saturated carbocycles. The average molecular weight is 331 g/mol. The van der Waals surface area contributed by atoms with Gasteiger partial charge >= 0.3 is 0 Å². The average Bonchev–Trinajstić information content (AvgIpc) is 3.12. The lowest BCUT2D eigenvalue weighted by Gasteiger charge is -2.08. The van der Waals surface area contributed by atoms with Gasteiger partial charge in [0, 0.05) is 0 Å². The molecule has 0 aromatic rings. The Hall–Kier alpha value is -0.780. The van der Waals surface area contributed by atoms with E-state index in [4.69, 9.17) is 0 Å². The van der Waals surface area contributed by atoms with Gasteiger partial charge in [-0.25, -0.2) is 0 Å². The predicted octanol–water partition coefficient (Wildman–Crippen LogP) is 8.55. The molecule has 0 amide bonds. The fourth-order valence-electron chi connectivity index (χ4n) is 3.95. The van der Waals surface area contributed by atoms with E-state index >= 15 is 0 Å². The number of unbranched alkanes of at least 4 members (excludes halogenated alkanes) is 9. The molecule has 0 unspecified atom stereocenters. The fourth-order valence-corrected chi connectivity index (χ4v) is 3.95. The van der Waals surface area contributed by atoms with E-state index in [0.29, 0.717) is 0 Å². The van der Waals surface area contributed by atoms with Crippen molar-refractivity contribution < 1.29 is 0 Å². The lowest BCUT2D eigenvalue weighted by molar-refractivity contribution is 0.460. The standard InChI is InChI=1S/C24H42/c1-3-5-18-23(4-2)19-14-12-10-8-6-7-9-11-13-15-20-24-21-16-17-22-24/h3-5,18,24H,2,6-17,19-22H2,1H3/b5-3-,23-18+. The first kappa shape index (κ1) is 21.3. The molecular weight excluding hydrogens is 288 g/mol. The van der Waals surface area contributed by atoms with Gasteiger partial charge in [0.2, 0.25) is 0 Å². The van der Waals surface area contributed by atoms with Gasteiger partial charge in [0.1, 0.15) is 0 Å². The van der Waals surface area contributed by atoms with Crippen LogP contribution in [0.3, 0.4) is 0 Å². The van der Waals surface area contributed by atoms with E-state index in [1.54, 1.807) is 0 Å². The van der Waals surface area contributed by atoms with Crippen molar-refractivity contribution in [1.82, 2.24) is 0 Å². The Balaban J connectivity index is 1.79. The lowest BCUT2D eigenvalue weighted by atomic mass is 9.98. The third-order valence-electron chi connectivity index (χ3n) is 5.57. The Bertz CT molecular complexity index is 341. The molecule has 1 aliphatic rings. The Morgan fingerprint density at radius 2 is 1.38 bits per heavy atom. The summed E-state index contributed by atoms with van der Waals surface area (Å²) in [5.41, 5.74) is 1.38. The van der Waals surface area contributed by atoms with E-state index in [1.807, 2.05) is 6.08 Å². The highest BCUT2D eigenvalue weighted by molar-refractivity contribution is 5.21. The number of hydrogen-bond donors (Lipinski definition) is 0. The molecule has 0 aromatic carbocycles. The summed E-state index contributed by atoms with van der Waals surface area (Å²) < 4.78 is 0. The van der Waals surface area contributed by atoms with Crippen LogP contribution in [0.5, 0.6) is 0 Å². The Morgan fingerprint density at radius 1 is 0.833 bits per heavy atom. The number of allylic oxidation sites excluding steroid dienone is 5. The molecule has 0 saturated heterocycles. The van der Waals surface area contributed by atoms with Crippen molar-refractivity contribution in [3.8, 4) is 0 Å². The van der Waals surface area contributed by atoms with E-state index in [1.165, 1.54) is 108 Å². The molecule has 0 radical (unpaired) electrons. The zero-order valence-corrected chi connectivity index (χ0v) is 16.4. The van der Waals surface area contributed by atoms with Crippen LogP contribution in [0, 0.1) is 5.92 Å². The second kappa shape index (κ2) is 15.7. The van der Waals surface area contributed by atoms with Gasteiger partial charge in [-0.1, -0.05) is 121 Å². The van der Waals surface area contributed by atoms with Crippen molar-refractivity contribution in [1.29, 1.82) is 0 Å². The predicted molar refractivity (Wildman–Crippen MR) is 110 cm³/mol. The van der Waals surface area contributed by atoms with Crippen LogP contribution < -0.4 is 0 Å². The molecule has 0 aliphatic heterocycles. The van der Waals surface area contributed by atoms with E-state index in [0.717, 1.165) is 5.92 Å². The fraction of sp³-hybridized carbons (Fsp3) is 0.750. The van der Waals surface area contributed by atoms with Crippen LogP contribution in [-0.2, 0) is 0 Å². The minimum absolute atomic E-state index is 1.10. The summed E-state index contributed by atoms with van der Waals surface area (Å²) in [5.74, 6) is 1.10. The van der Waals surface area contributed by atoms with Crippen molar-refractivity contribution in [2.45, 2.75) is 110 Å². The first-order valence-electron chi connectivity index (χ1n) is 10.8. The molecule has 0 nitrogen and oxygen atoms in total. The molecule has 0 atom stereocenters. The van der Waals surface area contributed by atoms with Crippen LogP contribution in [0.4, 0.5) is 0 Å². The molecule has 0 bridgehead atoms. The quantitative estimate of drug-likeness (QED) is 0.208. The first-order chi connectivity index (χ1) is 11.9. The molecule has 138 valence electrons. The lowest BCUT2D eigenvalue weighted by Crippen LogP contribution is -1.92. The maximum atomic E-state index is 3.90. The summed E-state index contributed by atoms with van der Waals surface area (Å²) in [6, 6.07) is 0. The monoisotopic (exact) mass is 330 g/mol. The largest absolute Gasteiger partial charge is 0.0988 e. The van der Waals surface area contributed by atoms with Crippen molar-refractivity contribution in [3.05, 3.63) is 36.5 Å². The summed E-state index contributed by atoms with van der Waals surface area (Å²) in [6.07, 6.45) is 31.6. The molecule has 1 fully saturated rings. The van der Waals surface area contributed by atoms with Crippen LogP contribution in [0.15, 0.2) is 36.5 Å². The molecular formula is C24H42. The minimum atomic E-state index is 1.10. The van der Waals surface area contributed by atoms with Gasteiger partial charge < -0.3 is 0 Å².